The number of pyridine rings is 1. The van der Waals surface area contributed by atoms with Gasteiger partial charge in [-0.25, -0.2) is 24.1 Å². The van der Waals surface area contributed by atoms with Crippen LogP contribution in [0.2, 0.25) is 0 Å². The molecule has 2 aliphatic heterocycles. The van der Waals surface area contributed by atoms with E-state index in [1.807, 2.05) is 37.5 Å². The predicted octanol–water partition coefficient (Wildman–Crippen LogP) is 5.28. The topological polar surface area (TPSA) is 134 Å². The second kappa shape index (κ2) is 11.5. The minimum atomic E-state index is -0.914. The van der Waals surface area contributed by atoms with E-state index in [2.05, 4.69) is 25.2 Å². The number of amides is 2. The molecule has 2 amide bonds. The molecule has 238 valence electrons. The smallest absolute Gasteiger partial charge is 0.407 e. The first-order valence-corrected chi connectivity index (χ1v) is 16.1. The average molecular weight is 644 g/mol. The maximum absolute atomic E-state index is 15.6. The van der Waals surface area contributed by atoms with Gasteiger partial charge in [0.15, 0.2) is 11.2 Å². The lowest BCUT2D eigenvalue weighted by Crippen LogP contribution is -2.59. The largest absolute Gasteiger partial charge is 0.465 e. The lowest BCUT2D eigenvalue weighted by atomic mass is 9.84. The van der Waals surface area contributed by atoms with Crippen LogP contribution >= 0.6 is 11.3 Å². The Hall–Kier alpha value is -4.85. The van der Waals surface area contributed by atoms with Gasteiger partial charge in [0.1, 0.15) is 11.6 Å². The van der Waals surface area contributed by atoms with Crippen molar-refractivity contribution < 1.29 is 19.1 Å². The summed E-state index contributed by atoms with van der Waals surface area (Å²) in [4.78, 5) is 42.6. The highest BCUT2D eigenvalue weighted by Crippen LogP contribution is 2.33. The van der Waals surface area contributed by atoms with Gasteiger partial charge in [0.05, 0.1) is 29.0 Å². The van der Waals surface area contributed by atoms with Crippen molar-refractivity contribution in [2.75, 3.05) is 29.9 Å². The molecule has 5 aromatic rings. The van der Waals surface area contributed by atoms with E-state index in [0.717, 1.165) is 30.9 Å². The summed E-state index contributed by atoms with van der Waals surface area (Å²) in [6.45, 7) is 8.39. The monoisotopic (exact) mass is 643 g/mol. The number of benzene rings is 1. The summed E-state index contributed by atoms with van der Waals surface area (Å²) in [5, 5.41) is 19.8. The minimum Gasteiger partial charge on any atom is -0.465 e. The van der Waals surface area contributed by atoms with E-state index in [4.69, 9.17) is 5.10 Å². The molecule has 4 aromatic heterocycles. The molecule has 0 bridgehead atoms. The zero-order chi connectivity index (χ0) is 32.2. The lowest BCUT2D eigenvalue weighted by molar-refractivity contribution is -0.118. The van der Waals surface area contributed by atoms with Crippen molar-refractivity contribution in [3.8, 4) is 11.1 Å². The number of carbonyl (C=O) groups is 2. The molecule has 1 aromatic carbocycles. The van der Waals surface area contributed by atoms with E-state index in [1.165, 1.54) is 27.0 Å². The Labute approximate surface area is 268 Å². The van der Waals surface area contributed by atoms with Gasteiger partial charge in [-0.15, -0.1) is 11.3 Å². The van der Waals surface area contributed by atoms with Crippen molar-refractivity contribution in [2.24, 2.45) is 5.41 Å². The highest BCUT2D eigenvalue weighted by atomic mass is 32.1. The van der Waals surface area contributed by atoms with Crippen LogP contribution < -0.4 is 10.2 Å². The van der Waals surface area contributed by atoms with Crippen molar-refractivity contribution in [1.82, 2.24) is 34.2 Å². The van der Waals surface area contributed by atoms with E-state index in [0.29, 0.717) is 52.5 Å². The van der Waals surface area contributed by atoms with Crippen LogP contribution in [0.15, 0.2) is 54.6 Å². The summed E-state index contributed by atoms with van der Waals surface area (Å²) in [5.41, 5.74) is 3.04. The van der Waals surface area contributed by atoms with Gasteiger partial charge in [0.25, 0.3) is 5.91 Å². The molecule has 7 rings (SSSR count). The molecule has 2 aliphatic rings. The van der Waals surface area contributed by atoms with Gasteiger partial charge >= 0.3 is 6.09 Å². The average Bonchev–Trinajstić information content (AvgIpc) is 3.83. The summed E-state index contributed by atoms with van der Waals surface area (Å²) in [6, 6.07) is 5.90. The zero-order valence-corrected chi connectivity index (χ0v) is 26.5. The standard InChI is InChI=1S/C32H34FN9O3S/c1-32(2,3)25-17-39(10-11-41(25)31(44)45)26-7-6-19(15-35-26)20-13-22(33)21-16-42(38-23(21)14-20)28(29(43)37-30-34-8-12-46-30)27-24-5-4-9-40(24)18-36-27/h6-8,12-16,18,25,28H,4-5,9-11,17H2,1-3H3,(H,44,45)(H,34,37,43). The van der Waals surface area contributed by atoms with E-state index >= 15 is 4.39 Å². The van der Waals surface area contributed by atoms with Gasteiger partial charge in [-0.05, 0) is 48.1 Å². The van der Waals surface area contributed by atoms with Crippen molar-refractivity contribution in [1.29, 1.82) is 0 Å². The van der Waals surface area contributed by atoms with Crippen molar-refractivity contribution in [2.45, 2.75) is 52.2 Å². The highest BCUT2D eigenvalue weighted by molar-refractivity contribution is 7.13. The number of hydrogen-bond acceptors (Lipinski definition) is 8. The molecule has 0 aliphatic carbocycles. The van der Waals surface area contributed by atoms with Crippen molar-refractivity contribution in [3.05, 3.63) is 71.8 Å². The fraction of sp³-hybridized carbons (Fsp3) is 0.375. The number of halogens is 1. The number of carboxylic acid groups (broad SMARTS) is 1. The summed E-state index contributed by atoms with van der Waals surface area (Å²) in [7, 11) is 0. The molecule has 2 atom stereocenters. The molecule has 2 N–H and O–H groups in total. The molecule has 2 unspecified atom stereocenters. The lowest BCUT2D eigenvalue weighted by Gasteiger charge is -2.46. The van der Waals surface area contributed by atoms with Crippen LogP contribution in [-0.2, 0) is 17.8 Å². The number of nitrogens with zero attached hydrogens (tertiary/aromatic N) is 8. The van der Waals surface area contributed by atoms with Crippen molar-refractivity contribution in [3.63, 3.8) is 0 Å². The van der Waals surface area contributed by atoms with Crippen LogP contribution in [0.4, 0.5) is 20.1 Å². The summed E-state index contributed by atoms with van der Waals surface area (Å²) in [5.74, 6) is -0.0835. The van der Waals surface area contributed by atoms with Crippen LogP contribution in [-0.4, -0.2) is 77.0 Å². The fourth-order valence-electron chi connectivity index (χ4n) is 6.46. The Morgan fingerprint density at radius 3 is 2.67 bits per heavy atom. The second-order valence-electron chi connectivity index (χ2n) is 12.8. The van der Waals surface area contributed by atoms with Gasteiger partial charge in [-0.3, -0.25) is 14.8 Å². The third-order valence-electron chi connectivity index (χ3n) is 8.85. The van der Waals surface area contributed by atoms with Crippen LogP contribution in [0, 0.1) is 11.2 Å². The van der Waals surface area contributed by atoms with Gasteiger partial charge in [0.2, 0.25) is 0 Å². The first kappa shape index (κ1) is 29.8. The Bertz CT molecular complexity index is 1910. The maximum Gasteiger partial charge on any atom is 0.407 e. The first-order valence-electron chi connectivity index (χ1n) is 15.2. The molecule has 0 saturated carbocycles. The number of imidazole rings is 1. The summed E-state index contributed by atoms with van der Waals surface area (Å²) < 4.78 is 19.2. The molecule has 12 nitrogen and oxygen atoms in total. The summed E-state index contributed by atoms with van der Waals surface area (Å²) >= 11 is 1.31. The van der Waals surface area contributed by atoms with Gasteiger partial charge in [-0.2, -0.15) is 5.10 Å². The SMILES string of the molecule is CC(C)(C)C1CN(c2ccc(-c3cc(F)c4cn(C(C(=O)Nc5nccs5)c5ncn6c5CCC6)nc4c3)cn2)CCN1C(=O)O. The molecular weight excluding hydrogens is 609 g/mol. The van der Waals surface area contributed by atoms with Gasteiger partial charge in [-0.1, -0.05) is 20.8 Å². The van der Waals surface area contributed by atoms with Gasteiger partial charge in [0, 0.05) is 61.4 Å². The summed E-state index contributed by atoms with van der Waals surface area (Å²) in [6.07, 6.45) is 7.47. The molecule has 1 saturated heterocycles. The Morgan fingerprint density at radius 1 is 1.11 bits per heavy atom. The number of rotatable bonds is 6. The number of fused-ring (bicyclic) bond motifs is 2. The number of hydrogen-bond donors (Lipinski definition) is 2. The Balaban J connectivity index is 1.18. The second-order valence-corrected chi connectivity index (χ2v) is 13.7. The normalized spacial score (nSPS) is 17.3. The third-order valence-corrected chi connectivity index (χ3v) is 9.54. The highest BCUT2D eigenvalue weighted by Gasteiger charge is 2.38. The molecular formula is C32H34FN9O3S. The molecule has 1 fully saturated rings. The quantitative estimate of drug-likeness (QED) is 0.255. The van der Waals surface area contributed by atoms with Crippen molar-refractivity contribution >= 4 is 45.2 Å². The van der Waals surface area contributed by atoms with Crippen LogP contribution in [0.3, 0.4) is 0 Å². The maximum atomic E-state index is 15.6. The number of nitrogens with one attached hydrogen (secondary N) is 1. The molecule has 6 heterocycles. The number of aryl methyl sites for hydroxylation is 1. The molecule has 46 heavy (non-hydrogen) atoms. The molecule has 0 spiro atoms. The Morgan fingerprint density at radius 2 is 1.96 bits per heavy atom. The number of aromatic nitrogens is 6. The number of thiazole rings is 1. The van der Waals surface area contributed by atoms with Crippen LogP contribution in [0.1, 0.15) is 44.6 Å². The number of anilines is 2. The molecule has 0 radical (unpaired) electrons. The number of carbonyl (C=O) groups excluding carboxylic acids is 1. The van der Waals surface area contributed by atoms with Crippen LogP contribution in [0.25, 0.3) is 22.0 Å². The Kier molecular flexibility index (Phi) is 7.46. The zero-order valence-electron chi connectivity index (χ0n) is 25.7. The third kappa shape index (κ3) is 5.46. The molecule has 14 heteroatoms. The van der Waals surface area contributed by atoms with E-state index in [1.54, 1.807) is 36.4 Å². The predicted molar refractivity (Wildman–Crippen MR) is 173 cm³/mol. The fourth-order valence-corrected chi connectivity index (χ4v) is 7.00. The van der Waals surface area contributed by atoms with Gasteiger partial charge < -0.3 is 19.5 Å². The van der Waals surface area contributed by atoms with Crippen LogP contribution in [0.5, 0.6) is 0 Å². The van der Waals surface area contributed by atoms with E-state index in [-0.39, 0.29) is 17.4 Å². The van der Waals surface area contributed by atoms with E-state index < -0.39 is 18.0 Å². The van der Waals surface area contributed by atoms with E-state index in [9.17, 15) is 14.7 Å². The first-order chi connectivity index (χ1) is 22.1. The number of piperazine rings is 1. The minimum absolute atomic E-state index is 0.192.